The van der Waals surface area contributed by atoms with Crippen LogP contribution in [0.1, 0.15) is 34.1 Å². The average Bonchev–Trinajstić information content (AvgIpc) is 2.22. The molecule has 0 heterocycles. The molecular formula is C13H23NO2. The van der Waals surface area contributed by atoms with Crippen LogP contribution in [0.3, 0.4) is 0 Å². The normalized spacial score (nSPS) is 12.2. The van der Waals surface area contributed by atoms with Gasteiger partial charge in [0, 0.05) is 6.54 Å². The molecule has 0 fully saturated rings. The summed E-state index contributed by atoms with van der Waals surface area (Å²) in [5.74, 6) is 0.473. The van der Waals surface area contributed by atoms with Crippen LogP contribution in [0.2, 0.25) is 0 Å². The highest BCUT2D eigenvalue weighted by Crippen LogP contribution is 2.04. The molecule has 1 N–H and O–H groups in total. The van der Waals surface area contributed by atoms with E-state index in [9.17, 15) is 4.79 Å². The number of hydrogen-bond donors (Lipinski definition) is 1. The van der Waals surface area contributed by atoms with E-state index in [0.29, 0.717) is 19.1 Å². The molecule has 16 heavy (non-hydrogen) atoms. The summed E-state index contributed by atoms with van der Waals surface area (Å²) >= 11 is 0. The fourth-order valence-electron chi connectivity index (χ4n) is 1.23. The zero-order valence-electron chi connectivity index (χ0n) is 10.7. The van der Waals surface area contributed by atoms with E-state index >= 15 is 0 Å². The quantitative estimate of drug-likeness (QED) is 0.704. The van der Waals surface area contributed by atoms with Crippen molar-refractivity contribution >= 4 is 6.09 Å². The molecule has 0 rings (SSSR count). The van der Waals surface area contributed by atoms with Crippen molar-refractivity contribution in [2.24, 2.45) is 5.92 Å². The second kappa shape index (κ2) is 9.01. The fourth-order valence-corrected chi connectivity index (χ4v) is 1.23. The van der Waals surface area contributed by atoms with Gasteiger partial charge in [-0.25, -0.2) is 4.79 Å². The molecule has 92 valence electrons. The van der Waals surface area contributed by atoms with Gasteiger partial charge in [0.25, 0.3) is 0 Å². The van der Waals surface area contributed by atoms with E-state index in [0.717, 1.165) is 12.0 Å². The van der Waals surface area contributed by atoms with Gasteiger partial charge < -0.3 is 10.1 Å². The van der Waals surface area contributed by atoms with Crippen molar-refractivity contribution in [2.75, 3.05) is 13.2 Å². The number of allylic oxidation sites excluding steroid dienone is 2. The maximum atomic E-state index is 11.1. The molecule has 0 aromatic carbocycles. The number of rotatable bonds is 6. The van der Waals surface area contributed by atoms with E-state index in [1.807, 2.05) is 6.08 Å². The van der Waals surface area contributed by atoms with Crippen LogP contribution in [0.4, 0.5) is 4.79 Å². The van der Waals surface area contributed by atoms with Gasteiger partial charge in [-0.3, -0.25) is 0 Å². The van der Waals surface area contributed by atoms with Gasteiger partial charge in [0.1, 0.15) is 0 Å². The van der Waals surface area contributed by atoms with Gasteiger partial charge in [-0.1, -0.05) is 39.0 Å². The van der Waals surface area contributed by atoms with Crippen molar-refractivity contribution in [1.29, 1.82) is 0 Å². The molecule has 0 radical (unpaired) electrons. The van der Waals surface area contributed by atoms with E-state index in [1.54, 1.807) is 6.92 Å². The molecular weight excluding hydrogens is 202 g/mol. The summed E-state index contributed by atoms with van der Waals surface area (Å²) in [5.41, 5.74) is 1.12. The van der Waals surface area contributed by atoms with Crippen LogP contribution in [0, 0.1) is 5.92 Å². The largest absolute Gasteiger partial charge is 0.450 e. The molecule has 0 aliphatic rings. The van der Waals surface area contributed by atoms with Crippen LogP contribution in [0.25, 0.3) is 0 Å². The number of carbonyl (C=O) groups is 1. The molecule has 0 saturated carbocycles. The Morgan fingerprint density at radius 1 is 1.38 bits per heavy atom. The second-order valence-corrected chi connectivity index (χ2v) is 3.87. The topological polar surface area (TPSA) is 38.3 Å². The number of hydrogen-bond acceptors (Lipinski definition) is 2. The fraction of sp³-hybridized carbons (Fsp3) is 0.615. The molecule has 0 bridgehead atoms. The van der Waals surface area contributed by atoms with Gasteiger partial charge in [0.2, 0.25) is 0 Å². The zero-order valence-corrected chi connectivity index (χ0v) is 10.7. The van der Waals surface area contributed by atoms with Crippen molar-refractivity contribution in [1.82, 2.24) is 5.32 Å². The van der Waals surface area contributed by atoms with E-state index in [1.165, 1.54) is 0 Å². The SMILES string of the molecule is CC/C=C\C(=C/C(C)C)CNC(=O)OCC. The third-order valence-electron chi connectivity index (χ3n) is 1.83. The molecule has 0 aromatic rings. The Labute approximate surface area is 98.6 Å². The molecule has 0 saturated heterocycles. The van der Waals surface area contributed by atoms with Crippen molar-refractivity contribution < 1.29 is 9.53 Å². The third kappa shape index (κ3) is 8.09. The molecule has 0 aromatic heterocycles. The number of alkyl carbamates (subject to hydrolysis) is 1. The minimum absolute atomic E-state index is 0.359. The second-order valence-electron chi connectivity index (χ2n) is 3.87. The molecule has 0 spiro atoms. The van der Waals surface area contributed by atoms with Crippen LogP contribution in [-0.4, -0.2) is 19.2 Å². The smallest absolute Gasteiger partial charge is 0.407 e. The predicted molar refractivity (Wildman–Crippen MR) is 67.4 cm³/mol. The van der Waals surface area contributed by atoms with Gasteiger partial charge in [0.05, 0.1) is 6.61 Å². The highest BCUT2D eigenvalue weighted by molar-refractivity contribution is 5.67. The lowest BCUT2D eigenvalue weighted by Gasteiger charge is -2.07. The lowest BCUT2D eigenvalue weighted by molar-refractivity contribution is 0.153. The van der Waals surface area contributed by atoms with Crippen molar-refractivity contribution in [3.63, 3.8) is 0 Å². The van der Waals surface area contributed by atoms with Gasteiger partial charge in [-0.15, -0.1) is 0 Å². The summed E-state index contributed by atoms with van der Waals surface area (Å²) in [4.78, 5) is 11.1. The Kier molecular flexibility index (Phi) is 8.31. The lowest BCUT2D eigenvalue weighted by Crippen LogP contribution is -2.26. The summed E-state index contributed by atoms with van der Waals surface area (Å²) in [6, 6.07) is 0. The molecule has 3 nitrogen and oxygen atoms in total. The van der Waals surface area contributed by atoms with E-state index in [4.69, 9.17) is 4.74 Å². The van der Waals surface area contributed by atoms with Crippen LogP contribution in [-0.2, 0) is 4.74 Å². The van der Waals surface area contributed by atoms with Crippen LogP contribution in [0.5, 0.6) is 0 Å². The van der Waals surface area contributed by atoms with E-state index < -0.39 is 0 Å². The van der Waals surface area contributed by atoms with Gasteiger partial charge >= 0.3 is 6.09 Å². The van der Waals surface area contributed by atoms with Crippen LogP contribution in [0.15, 0.2) is 23.8 Å². The van der Waals surface area contributed by atoms with Gasteiger partial charge in [-0.2, -0.15) is 0 Å². The van der Waals surface area contributed by atoms with Crippen molar-refractivity contribution in [3.05, 3.63) is 23.8 Å². The molecule has 3 heteroatoms. The number of amides is 1. The Hall–Kier alpha value is -1.25. The first-order valence-corrected chi connectivity index (χ1v) is 5.88. The molecule has 1 amide bonds. The lowest BCUT2D eigenvalue weighted by atomic mass is 10.1. The number of nitrogens with one attached hydrogen (secondary N) is 1. The Morgan fingerprint density at radius 2 is 2.06 bits per heavy atom. The van der Waals surface area contributed by atoms with Crippen molar-refractivity contribution in [2.45, 2.75) is 34.1 Å². The summed E-state index contributed by atoms with van der Waals surface area (Å²) in [7, 11) is 0. The van der Waals surface area contributed by atoms with Gasteiger partial charge in [0.15, 0.2) is 0 Å². The minimum Gasteiger partial charge on any atom is -0.450 e. The van der Waals surface area contributed by atoms with Crippen LogP contribution < -0.4 is 5.32 Å². The van der Waals surface area contributed by atoms with Crippen LogP contribution >= 0.6 is 0 Å². The molecule has 0 unspecified atom stereocenters. The van der Waals surface area contributed by atoms with Gasteiger partial charge in [-0.05, 0) is 24.8 Å². The summed E-state index contributed by atoms with van der Waals surface area (Å²) in [5, 5.41) is 2.72. The Balaban J connectivity index is 4.22. The summed E-state index contributed by atoms with van der Waals surface area (Å²) < 4.78 is 4.80. The Morgan fingerprint density at radius 3 is 2.56 bits per heavy atom. The third-order valence-corrected chi connectivity index (χ3v) is 1.83. The standard InChI is InChI=1S/C13H23NO2/c1-5-7-8-12(9-11(3)4)10-14-13(15)16-6-2/h7-9,11H,5-6,10H2,1-4H3,(H,14,15)/b8-7-,12-9+. The first kappa shape index (κ1) is 14.8. The number of ether oxygens (including phenoxy) is 1. The highest BCUT2D eigenvalue weighted by atomic mass is 16.5. The monoisotopic (exact) mass is 225 g/mol. The van der Waals surface area contributed by atoms with E-state index in [2.05, 4.69) is 38.2 Å². The maximum absolute atomic E-state index is 11.1. The minimum atomic E-state index is -0.359. The summed E-state index contributed by atoms with van der Waals surface area (Å²) in [6.45, 7) is 9.03. The molecule has 0 aliphatic heterocycles. The number of carbonyl (C=O) groups excluding carboxylic acids is 1. The maximum Gasteiger partial charge on any atom is 0.407 e. The highest BCUT2D eigenvalue weighted by Gasteiger charge is 2.01. The average molecular weight is 225 g/mol. The van der Waals surface area contributed by atoms with Crippen molar-refractivity contribution in [3.8, 4) is 0 Å². The summed E-state index contributed by atoms with van der Waals surface area (Å²) in [6.07, 6.45) is 6.91. The Bertz CT molecular complexity index is 255. The molecule has 0 aliphatic carbocycles. The predicted octanol–water partition coefficient (Wildman–Crippen LogP) is 3.28. The molecule has 0 atom stereocenters. The first-order chi connectivity index (χ1) is 7.60. The van der Waals surface area contributed by atoms with E-state index in [-0.39, 0.29) is 6.09 Å². The zero-order chi connectivity index (χ0) is 12.4. The first-order valence-electron chi connectivity index (χ1n) is 5.88.